The van der Waals surface area contributed by atoms with Crippen LogP contribution in [0, 0.1) is 5.82 Å². The van der Waals surface area contributed by atoms with E-state index in [-0.39, 0.29) is 35.9 Å². The summed E-state index contributed by atoms with van der Waals surface area (Å²) in [5.41, 5.74) is 0.565. The number of rotatable bonds is 6. The quantitative estimate of drug-likeness (QED) is 0.343. The van der Waals surface area contributed by atoms with Crippen molar-refractivity contribution in [1.29, 1.82) is 0 Å². The number of hydrogen-bond donors (Lipinski definition) is 0. The van der Waals surface area contributed by atoms with E-state index in [4.69, 9.17) is 9.47 Å². The third-order valence-corrected chi connectivity index (χ3v) is 2.26. The molecule has 1 aromatic carbocycles. The number of hydrogen-bond acceptors (Lipinski definition) is 4. The fraction of sp³-hybridized carbons (Fsp3) is 0.286. The fourth-order valence-electron chi connectivity index (χ4n) is 1.25. The lowest BCUT2D eigenvalue weighted by Gasteiger charge is -2.08. The van der Waals surface area contributed by atoms with Gasteiger partial charge in [-0.15, -0.1) is 0 Å². The highest BCUT2D eigenvalue weighted by atomic mass is 19.1. The van der Waals surface area contributed by atoms with Gasteiger partial charge in [0.15, 0.2) is 17.3 Å². The van der Waals surface area contributed by atoms with Gasteiger partial charge in [-0.05, 0) is 32.0 Å². The van der Waals surface area contributed by atoms with Crippen molar-refractivity contribution in [2.75, 3.05) is 13.2 Å². The van der Waals surface area contributed by atoms with Gasteiger partial charge >= 0.3 is 5.97 Å². The second kappa shape index (κ2) is 6.68. The molecule has 1 rings (SSSR count). The van der Waals surface area contributed by atoms with Crippen molar-refractivity contribution in [3.05, 3.63) is 41.7 Å². The Kier molecular flexibility index (Phi) is 5.23. The van der Waals surface area contributed by atoms with Gasteiger partial charge in [0.1, 0.15) is 13.2 Å². The van der Waals surface area contributed by atoms with Crippen LogP contribution in [0.15, 0.2) is 30.4 Å². The number of ketones is 1. The largest absolute Gasteiger partial charge is 0.487 e. The zero-order valence-electron chi connectivity index (χ0n) is 10.9. The topological polar surface area (TPSA) is 52.6 Å². The van der Waals surface area contributed by atoms with Crippen LogP contribution in [0.1, 0.15) is 24.2 Å². The highest BCUT2D eigenvalue weighted by molar-refractivity contribution is 5.94. The summed E-state index contributed by atoms with van der Waals surface area (Å²) >= 11 is 0. The number of carbonyl (C=O) groups is 2. The Morgan fingerprint density at radius 2 is 1.95 bits per heavy atom. The molecule has 0 aliphatic carbocycles. The van der Waals surface area contributed by atoms with E-state index in [0.29, 0.717) is 0 Å². The molecule has 0 aliphatic heterocycles. The molecule has 102 valence electrons. The second-order valence-corrected chi connectivity index (χ2v) is 3.97. The third kappa shape index (κ3) is 4.54. The Morgan fingerprint density at radius 3 is 2.47 bits per heavy atom. The zero-order chi connectivity index (χ0) is 14.4. The van der Waals surface area contributed by atoms with Gasteiger partial charge in [-0.1, -0.05) is 6.58 Å². The average molecular weight is 266 g/mol. The van der Waals surface area contributed by atoms with Gasteiger partial charge < -0.3 is 9.47 Å². The number of halogens is 1. The van der Waals surface area contributed by atoms with Gasteiger partial charge in [0.05, 0.1) is 0 Å². The Bertz CT molecular complexity index is 508. The van der Waals surface area contributed by atoms with Crippen LogP contribution >= 0.6 is 0 Å². The number of esters is 1. The normalized spacial score (nSPS) is 9.84. The van der Waals surface area contributed by atoms with Crippen LogP contribution in [0.2, 0.25) is 0 Å². The Balaban J connectivity index is 2.48. The summed E-state index contributed by atoms with van der Waals surface area (Å²) in [6, 6.07) is 3.95. The SMILES string of the molecule is C=C(C)C(=O)OCCOc1ccc(C(C)=O)cc1F. The van der Waals surface area contributed by atoms with Gasteiger partial charge in [-0.25, -0.2) is 9.18 Å². The molecule has 0 bridgehead atoms. The number of benzene rings is 1. The van der Waals surface area contributed by atoms with Gasteiger partial charge in [-0.2, -0.15) is 0 Å². The highest BCUT2D eigenvalue weighted by Crippen LogP contribution is 2.18. The fourth-order valence-corrected chi connectivity index (χ4v) is 1.25. The molecular weight excluding hydrogens is 251 g/mol. The highest BCUT2D eigenvalue weighted by Gasteiger charge is 2.08. The molecule has 0 atom stereocenters. The van der Waals surface area contributed by atoms with Gasteiger partial charge in [0, 0.05) is 11.1 Å². The Morgan fingerprint density at radius 1 is 1.26 bits per heavy atom. The molecule has 0 aromatic heterocycles. The summed E-state index contributed by atoms with van der Waals surface area (Å²) in [6.45, 7) is 6.33. The van der Waals surface area contributed by atoms with Gasteiger partial charge in [0.25, 0.3) is 0 Å². The van der Waals surface area contributed by atoms with E-state index < -0.39 is 11.8 Å². The minimum atomic E-state index is -0.626. The summed E-state index contributed by atoms with van der Waals surface area (Å²) in [5, 5.41) is 0. The number of Topliss-reactive ketones (excluding diaryl/α,β-unsaturated/α-hetero) is 1. The summed E-state index contributed by atoms with van der Waals surface area (Å²) in [6.07, 6.45) is 0. The first-order valence-corrected chi connectivity index (χ1v) is 5.67. The van der Waals surface area contributed by atoms with Crippen LogP contribution in [0.5, 0.6) is 5.75 Å². The van der Waals surface area contributed by atoms with E-state index in [1.165, 1.54) is 26.0 Å². The summed E-state index contributed by atoms with van der Waals surface area (Å²) in [5.74, 6) is -1.35. The predicted octanol–water partition coefficient (Wildman–Crippen LogP) is 2.53. The van der Waals surface area contributed by atoms with E-state index in [9.17, 15) is 14.0 Å². The van der Waals surface area contributed by atoms with Crippen LogP contribution in [-0.4, -0.2) is 25.0 Å². The smallest absolute Gasteiger partial charge is 0.333 e. The van der Waals surface area contributed by atoms with Crippen molar-refractivity contribution in [3.8, 4) is 5.75 Å². The van der Waals surface area contributed by atoms with Gasteiger partial charge in [-0.3, -0.25) is 4.79 Å². The minimum absolute atomic E-state index is 0.000404. The van der Waals surface area contributed by atoms with E-state index in [0.717, 1.165) is 6.07 Å². The van der Waals surface area contributed by atoms with Crippen molar-refractivity contribution < 1.29 is 23.5 Å². The van der Waals surface area contributed by atoms with Crippen LogP contribution in [-0.2, 0) is 9.53 Å². The first-order chi connectivity index (χ1) is 8.91. The van der Waals surface area contributed by atoms with Crippen molar-refractivity contribution >= 4 is 11.8 Å². The van der Waals surface area contributed by atoms with E-state index in [2.05, 4.69) is 6.58 Å². The lowest BCUT2D eigenvalue weighted by Crippen LogP contribution is -2.13. The maximum atomic E-state index is 13.5. The summed E-state index contributed by atoms with van der Waals surface area (Å²) < 4.78 is 23.4. The molecule has 19 heavy (non-hydrogen) atoms. The standard InChI is InChI=1S/C14H15FO4/c1-9(2)14(17)19-7-6-18-13-5-4-11(10(3)16)8-12(13)15/h4-5,8H,1,6-7H2,2-3H3. The van der Waals surface area contributed by atoms with Crippen LogP contribution in [0.3, 0.4) is 0 Å². The molecule has 0 fully saturated rings. The molecule has 5 heteroatoms. The molecule has 0 aliphatic rings. The van der Waals surface area contributed by atoms with Crippen molar-refractivity contribution in [2.45, 2.75) is 13.8 Å². The lowest BCUT2D eigenvalue weighted by atomic mass is 10.1. The zero-order valence-corrected chi connectivity index (χ0v) is 10.9. The van der Waals surface area contributed by atoms with E-state index >= 15 is 0 Å². The first kappa shape index (κ1) is 14.9. The second-order valence-electron chi connectivity index (χ2n) is 3.97. The number of carbonyl (C=O) groups excluding carboxylic acids is 2. The van der Waals surface area contributed by atoms with Crippen LogP contribution in [0.25, 0.3) is 0 Å². The molecule has 1 aromatic rings. The minimum Gasteiger partial charge on any atom is -0.487 e. The molecule has 0 radical (unpaired) electrons. The van der Waals surface area contributed by atoms with E-state index in [1.807, 2.05) is 0 Å². The van der Waals surface area contributed by atoms with E-state index in [1.54, 1.807) is 0 Å². The molecule has 0 unspecified atom stereocenters. The average Bonchev–Trinajstić information content (AvgIpc) is 2.35. The molecule has 0 N–H and O–H groups in total. The maximum Gasteiger partial charge on any atom is 0.333 e. The van der Waals surface area contributed by atoms with Crippen molar-refractivity contribution in [1.82, 2.24) is 0 Å². The Hall–Kier alpha value is -2.17. The Labute approximate surface area is 110 Å². The molecule has 0 saturated heterocycles. The molecule has 0 amide bonds. The summed E-state index contributed by atoms with van der Waals surface area (Å²) in [7, 11) is 0. The maximum absolute atomic E-state index is 13.5. The predicted molar refractivity (Wildman–Crippen MR) is 67.7 cm³/mol. The third-order valence-electron chi connectivity index (χ3n) is 2.26. The van der Waals surface area contributed by atoms with Crippen LogP contribution in [0.4, 0.5) is 4.39 Å². The van der Waals surface area contributed by atoms with Crippen molar-refractivity contribution in [3.63, 3.8) is 0 Å². The number of ether oxygens (including phenoxy) is 2. The molecule has 0 heterocycles. The van der Waals surface area contributed by atoms with Gasteiger partial charge in [0.2, 0.25) is 0 Å². The van der Waals surface area contributed by atoms with Crippen molar-refractivity contribution in [2.24, 2.45) is 0 Å². The molecule has 0 spiro atoms. The first-order valence-electron chi connectivity index (χ1n) is 5.67. The van der Waals surface area contributed by atoms with Crippen LogP contribution < -0.4 is 4.74 Å². The summed E-state index contributed by atoms with van der Waals surface area (Å²) in [4.78, 5) is 22.1. The molecule has 0 saturated carbocycles. The molecular formula is C14H15FO4. The lowest BCUT2D eigenvalue weighted by molar-refractivity contribution is -0.139. The molecule has 4 nitrogen and oxygen atoms in total. The monoisotopic (exact) mass is 266 g/mol.